The molecule has 1 aliphatic rings. The first-order valence-corrected chi connectivity index (χ1v) is 5.27. The predicted octanol–water partition coefficient (Wildman–Crippen LogP) is 1.66. The maximum Gasteiger partial charge on any atom is 0.341 e. The molecule has 4 nitrogen and oxygen atoms in total. The summed E-state index contributed by atoms with van der Waals surface area (Å²) in [6.45, 7) is 2.17. The summed E-state index contributed by atoms with van der Waals surface area (Å²) in [6, 6.07) is 1.87. The lowest BCUT2D eigenvalue weighted by Crippen LogP contribution is -2.08. The molecule has 2 N–H and O–H groups in total. The summed E-state index contributed by atoms with van der Waals surface area (Å²) < 4.78 is 6.84. The van der Waals surface area contributed by atoms with Crippen LogP contribution in [0.3, 0.4) is 0 Å². The van der Waals surface area contributed by atoms with Crippen molar-refractivity contribution in [3.8, 4) is 0 Å². The van der Waals surface area contributed by atoms with Gasteiger partial charge in [-0.05, 0) is 31.7 Å². The smallest absolute Gasteiger partial charge is 0.341 e. The minimum atomic E-state index is -0.322. The summed E-state index contributed by atoms with van der Waals surface area (Å²) in [5.41, 5.74) is 7.51. The molecule has 0 unspecified atom stereocenters. The zero-order valence-electron chi connectivity index (χ0n) is 9.12. The fraction of sp³-hybridized carbons (Fsp3) is 0.545. The molecular formula is C11H16N2O2. The van der Waals surface area contributed by atoms with Gasteiger partial charge in [0.2, 0.25) is 0 Å². The maximum absolute atomic E-state index is 11.6. The molecule has 2 rings (SSSR count). The minimum absolute atomic E-state index is 0.322. The van der Waals surface area contributed by atoms with Gasteiger partial charge < -0.3 is 15.0 Å². The Morgan fingerprint density at radius 2 is 2.33 bits per heavy atom. The molecule has 0 spiro atoms. The molecule has 0 atom stereocenters. The Labute approximate surface area is 89.0 Å². The molecule has 1 heterocycles. The number of esters is 1. The molecule has 1 aromatic rings. The Balaban J connectivity index is 2.31. The first kappa shape index (κ1) is 10.1. The van der Waals surface area contributed by atoms with Crippen molar-refractivity contribution in [2.45, 2.75) is 25.7 Å². The molecule has 1 aromatic heterocycles. The van der Waals surface area contributed by atoms with Gasteiger partial charge in [-0.3, -0.25) is 0 Å². The Kier molecular flexibility index (Phi) is 2.42. The zero-order chi connectivity index (χ0) is 11.0. The zero-order valence-corrected chi connectivity index (χ0v) is 9.12. The summed E-state index contributed by atoms with van der Waals surface area (Å²) in [6.07, 6.45) is 2.39. The normalized spacial score (nSPS) is 15.3. The Bertz CT molecular complexity index is 392. The van der Waals surface area contributed by atoms with Gasteiger partial charge in [0.1, 0.15) is 11.4 Å². The van der Waals surface area contributed by atoms with E-state index in [-0.39, 0.29) is 5.97 Å². The number of ether oxygens (including phenoxy) is 1. The number of carbonyl (C=O) groups is 1. The highest BCUT2D eigenvalue weighted by atomic mass is 16.5. The van der Waals surface area contributed by atoms with Crippen molar-refractivity contribution in [2.75, 3.05) is 12.3 Å². The van der Waals surface area contributed by atoms with Crippen LogP contribution in [-0.2, 0) is 11.8 Å². The average molecular weight is 208 g/mol. The van der Waals surface area contributed by atoms with Crippen molar-refractivity contribution in [2.24, 2.45) is 7.05 Å². The van der Waals surface area contributed by atoms with Crippen LogP contribution in [0.15, 0.2) is 6.07 Å². The lowest BCUT2D eigenvalue weighted by atomic mass is 10.2. The molecule has 0 radical (unpaired) electrons. The maximum atomic E-state index is 11.6. The van der Waals surface area contributed by atoms with E-state index < -0.39 is 0 Å². The van der Waals surface area contributed by atoms with Gasteiger partial charge in [-0.15, -0.1) is 0 Å². The molecule has 0 amide bonds. The highest BCUT2D eigenvalue weighted by Crippen LogP contribution is 2.41. The second-order valence-corrected chi connectivity index (χ2v) is 3.92. The van der Waals surface area contributed by atoms with Crippen LogP contribution in [0.2, 0.25) is 0 Å². The number of aromatic nitrogens is 1. The molecule has 4 heteroatoms. The van der Waals surface area contributed by atoms with Crippen LogP contribution in [0, 0.1) is 0 Å². The Hall–Kier alpha value is -1.45. The van der Waals surface area contributed by atoms with Crippen LogP contribution in [0.1, 0.15) is 41.7 Å². The summed E-state index contributed by atoms with van der Waals surface area (Å²) in [7, 11) is 1.89. The van der Waals surface area contributed by atoms with E-state index >= 15 is 0 Å². The third-order valence-electron chi connectivity index (χ3n) is 2.81. The number of anilines is 1. The summed E-state index contributed by atoms with van der Waals surface area (Å²) in [5.74, 6) is 0.772. The topological polar surface area (TPSA) is 57.2 Å². The van der Waals surface area contributed by atoms with Crippen LogP contribution in [0.5, 0.6) is 0 Å². The third kappa shape index (κ3) is 1.71. The minimum Gasteiger partial charge on any atom is -0.462 e. The number of hydrogen-bond acceptors (Lipinski definition) is 3. The van der Waals surface area contributed by atoms with Crippen LogP contribution in [0.25, 0.3) is 0 Å². The molecule has 0 aromatic carbocycles. The van der Waals surface area contributed by atoms with E-state index in [4.69, 9.17) is 10.5 Å². The highest BCUT2D eigenvalue weighted by Gasteiger charge is 2.29. The van der Waals surface area contributed by atoms with E-state index in [1.165, 1.54) is 12.8 Å². The number of hydrogen-bond donors (Lipinski definition) is 1. The van der Waals surface area contributed by atoms with Gasteiger partial charge in [0.05, 0.1) is 6.61 Å². The van der Waals surface area contributed by atoms with Gasteiger partial charge >= 0.3 is 5.97 Å². The SMILES string of the molecule is CCOC(=O)c1cc(C2CC2)n(C)c1N. The van der Waals surface area contributed by atoms with Gasteiger partial charge in [0.15, 0.2) is 0 Å². The largest absolute Gasteiger partial charge is 0.462 e. The van der Waals surface area contributed by atoms with Crippen LogP contribution >= 0.6 is 0 Å². The first-order valence-electron chi connectivity index (χ1n) is 5.27. The van der Waals surface area contributed by atoms with Crippen molar-refractivity contribution in [1.29, 1.82) is 0 Å². The monoisotopic (exact) mass is 208 g/mol. The summed E-state index contributed by atoms with van der Waals surface area (Å²) in [5, 5.41) is 0. The molecule has 0 bridgehead atoms. The van der Waals surface area contributed by atoms with Gasteiger partial charge in [-0.1, -0.05) is 0 Å². The van der Waals surface area contributed by atoms with Crippen molar-refractivity contribution in [3.05, 3.63) is 17.3 Å². The van der Waals surface area contributed by atoms with Crippen molar-refractivity contribution < 1.29 is 9.53 Å². The average Bonchev–Trinajstić information content (AvgIpc) is 2.98. The van der Waals surface area contributed by atoms with E-state index in [1.54, 1.807) is 6.92 Å². The van der Waals surface area contributed by atoms with Crippen LogP contribution < -0.4 is 5.73 Å². The summed E-state index contributed by atoms with van der Waals surface area (Å²) >= 11 is 0. The molecule has 1 aliphatic carbocycles. The highest BCUT2D eigenvalue weighted by molar-refractivity contribution is 5.95. The Morgan fingerprint density at radius 3 is 2.87 bits per heavy atom. The fourth-order valence-corrected chi connectivity index (χ4v) is 1.78. The van der Waals surface area contributed by atoms with Gasteiger partial charge in [0.25, 0.3) is 0 Å². The molecule has 82 valence electrons. The van der Waals surface area contributed by atoms with Gasteiger partial charge in [-0.25, -0.2) is 4.79 Å². The quantitative estimate of drug-likeness (QED) is 0.768. The number of nitrogens with two attached hydrogens (primary N) is 1. The van der Waals surface area contributed by atoms with E-state index in [1.807, 2.05) is 17.7 Å². The second-order valence-electron chi connectivity index (χ2n) is 3.92. The molecule has 1 fully saturated rings. The van der Waals surface area contributed by atoms with E-state index in [9.17, 15) is 4.79 Å². The standard InChI is InChI=1S/C11H16N2O2/c1-3-15-11(14)8-6-9(7-4-5-7)13(2)10(8)12/h6-7H,3-5,12H2,1-2H3. The molecule has 0 saturated heterocycles. The van der Waals surface area contributed by atoms with Gasteiger partial charge in [0, 0.05) is 12.7 Å². The fourth-order valence-electron chi connectivity index (χ4n) is 1.78. The first-order chi connectivity index (χ1) is 7.15. The summed E-state index contributed by atoms with van der Waals surface area (Å²) in [4.78, 5) is 11.6. The predicted molar refractivity (Wildman–Crippen MR) is 57.8 cm³/mol. The second kappa shape index (κ2) is 3.61. The number of nitrogen functional groups attached to an aromatic ring is 1. The number of rotatable bonds is 3. The van der Waals surface area contributed by atoms with Crippen LogP contribution in [0.4, 0.5) is 5.82 Å². The number of nitrogens with zero attached hydrogens (tertiary/aromatic N) is 1. The van der Waals surface area contributed by atoms with Crippen molar-refractivity contribution in [1.82, 2.24) is 4.57 Å². The van der Waals surface area contributed by atoms with Crippen LogP contribution in [-0.4, -0.2) is 17.1 Å². The molecule has 1 saturated carbocycles. The van der Waals surface area contributed by atoms with Crippen molar-refractivity contribution >= 4 is 11.8 Å². The van der Waals surface area contributed by atoms with Gasteiger partial charge in [-0.2, -0.15) is 0 Å². The third-order valence-corrected chi connectivity index (χ3v) is 2.81. The van der Waals surface area contributed by atoms with E-state index in [0.29, 0.717) is 23.9 Å². The molecule has 15 heavy (non-hydrogen) atoms. The van der Waals surface area contributed by atoms with E-state index in [0.717, 1.165) is 5.69 Å². The lowest BCUT2D eigenvalue weighted by Gasteiger charge is -2.03. The van der Waals surface area contributed by atoms with E-state index in [2.05, 4.69) is 0 Å². The lowest BCUT2D eigenvalue weighted by molar-refractivity contribution is 0.0527. The Morgan fingerprint density at radius 1 is 1.67 bits per heavy atom. The van der Waals surface area contributed by atoms with Crippen molar-refractivity contribution in [3.63, 3.8) is 0 Å². The molecular weight excluding hydrogens is 192 g/mol. The molecule has 0 aliphatic heterocycles. The number of carbonyl (C=O) groups excluding carboxylic acids is 1.